The summed E-state index contributed by atoms with van der Waals surface area (Å²) in [6.45, 7) is 3.45. The maximum absolute atomic E-state index is 14.0. The number of halogens is 2. The third-order valence-corrected chi connectivity index (χ3v) is 4.11. The fourth-order valence-electron chi connectivity index (χ4n) is 3.08. The first-order valence-corrected chi connectivity index (χ1v) is 6.58. The lowest BCUT2D eigenvalue weighted by molar-refractivity contribution is 0.230. The SMILES string of the molecule is N#Cc1ccc(N2CCN3CCCC3C2)c(F)c1F. The van der Waals surface area contributed by atoms with Crippen molar-refractivity contribution in [2.75, 3.05) is 31.1 Å². The zero-order chi connectivity index (χ0) is 13.4. The fraction of sp³-hybridized carbons (Fsp3) is 0.500. The highest BCUT2D eigenvalue weighted by molar-refractivity contribution is 5.52. The van der Waals surface area contributed by atoms with Gasteiger partial charge < -0.3 is 4.90 Å². The Morgan fingerprint density at radius 2 is 2.00 bits per heavy atom. The monoisotopic (exact) mass is 263 g/mol. The number of piperazine rings is 1. The van der Waals surface area contributed by atoms with Crippen LogP contribution in [0.3, 0.4) is 0 Å². The smallest absolute Gasteiger partial charge is 0.183 e. The summed E-state index contributed by atoms with van der Waals surface area (Å²) in [6.07, 6.45) is 2.31. The number of nitrogens with zero attached hydrogens (tertiary/aromatic N) is 3. The van der Waals surface area contributed by atoms with Crippen LogP contribution in [-0.2, 0) is 0 Å². The van der Waals surface area contributed by atoms with Crippen molar-refractivity contribution >= 4 is 5.69 Å². The number of hydrogen-bond donors (Lipinski definition) is 0. The molecule has 0 bridgehead atoms. The molecular formula is C14H15F2N3. The van der Waals surface area contributed by atoms with Gasteiger partial charge in [-0.1, -0.05) is 0 Å². The van der Waals surface area contributed by atoms with E-state index in [0.717, 1.165) is 26.1 Å². The predicted molar refractivity (Wildman–Crippen MR) is 67.9 cm³/mol. The van der Waals surface area contributed by atoms with Crippen LogP contribution in [-0.4, -0.2) is 37.1 Å². The van der Waals surface area contributed by atoms with E-state index in [2.05, 4.69) is 4.90 Å². The van der Waals surface area contributed by atoms with Gasteiger partial charge in [0.25, 0.3) is 0 Å². The summed E-state index contributed by atoms with van der Waals surface area (Å²) in [4.78, 5) is 4.31. The molecule has 0 aliphatic carbocycles. The standard InChI is InChI=1S/C14H15F2N3/c15-13-10(8-17)3-4-12(14(13)16)19-7-6-18-5-1-2-11(18)9-19/h3-4,11H,1-2,5-7,9H2. The molecule has 1 unspecified atom stereocenters. The zero-order valence-corrected chi connectivity index (χ0v) is 10.6. The normalized spacial score (nSPS) is 23.2. The summed E-state index contributed by atoms with van der Waals surface area (Å²) < 4.78 is 27.6. The average Bonchev–Trinajstić information content (AvgIpc) is 2.89. The highest BCUT2D eigenvalue weighted by Gasteiger charge is 2.32. The largest absolute Gasteiger partial charge is 0.366 e. The van der Waals surface area contributed by atoms with Crippen LogP contribution >= 0.6 is 0 Å². The number of hydrogen-bond acceptors (Lipinski definition) is 3. The molecule has 3 rings (SSSR count). The van der Waals surface area contributed by atoms with Crippen LogP contribution in [0.5, 0.6) is 0 Å². The summed E-state index contributed by atoms with van der Waals surface area (Å²) in [7, 11) is 0. The molecule has 2 aliphatic rings. The first-order chi connectivity index (χ1) is 9.20. The zero-order valence-electron chi connectivity index (χ0n) is 10.6. The molecule has 19 heavy (non-hydrogen) atoms. The predicted octanol–water partition coefficient (Wildman–Crippen LogP) is 2.12. The Morgan fingerprint density at radius 3 is 2.79 bits per heavy atom. The highest BCUT2D eigenvalue weighted by Crippen LogP contribution is 2.29. The van der Waals surface area contributed by atoms with Gasteiger partial charge in [-0.05, 0) is 31.5 Å². The van der Waals surface area contributed by atoms with Crippen LogP contribution in [0.15, 0.2) is 12.1 Å². The summed E-state index contributed by atoms with van der Waals surface area (Å²) in [5.74, 6) is -1.93. The molecule has 1 atom stereocenters. The van der Waals surface area contributed by atoms with E-state index in [0.29, 0.717) is 12.6 Å². The van der Waals surface area contributed by atoms with Gasteiger partial charge in [0.05, 0.1) is 11.3 Å². The van der Waals surface area contributed by atoms with E-state index in [1.165, 1.54) is 18.6 Å². The molecule has 2 saturated heterocycles. The summed E-state index contributed by atoms with van der Waals surface area (Å²) in [6, 6.07) is 4.98. The average molecular weight is 263 g/mol. The Balaban J connectivity index is 1.87. The molecule has 1 aromatic carbocycles. The van der Waals surface area contributed by atoms with Gasteiger partial charge in [0.15, 0.2) is 11.6 Å². The van der Waals surface area contributed by atoms with E-state index >= 15 is 0 Å². The van der Waals surface area contributed by atoms with Gasteiger partial charge in [-0.2, -0.15) is 5.26 Å². The number of anilines is 1. The van der Waals surface area contributed by atoms with Crippen LogP contribution in [0, 0.1) is 23.0 Å². The van der Waals surface area contributed by atoms with E-state index in [9.17, 15) is 8.78 Å². The third-order valence-electron chi connectivity index (χ3n) is 4.11. The lowest BCUT2D eigenvalue weighted by Crippen LogP contribution is -2.50. The van der Waals surface area contributed by atoms with Crippen molar-refractivity contribution in [3.05, 3.63) is 29.3 Å². The topological polar surface area (TPSA) is 30.3 Å². The fourth-order valence-corrected chi connectivity index (χ4v) is 3.08. The Kier molecular flexibility index (Phi) is 3.11. The second kappa shape index (κ2) is 4.78. The van der Waals surface area contributed by atoms with E-state index in [-0.39, 0.29) is 11.3 Å². The summed E-state index contributed by atoms with van der Waals surface area (Å²) in [5, 5.41) is 8.69. The number of fused-ring (bicyclic) bond motifs is 1. The lowest BCUT2D eigenvalue weighted by Gasteiger charge is -2.38. The number of benzene rings is 1. The van der Waals surface area contributed by atoms with Crippen molar-refractivity contribution in [2.45, 2.75) is 18.9 Å². The highest BCUT2D eigenvalue weighted by atomic mass is 19.2. The molecule has 5 heteroatoms. The molecule has 0 radical (unpaired) electrons. The van der Waals surface area contributed by atoms with E-state index in [4.69, 9.17) is 5.26 Å². The Bertz CT molecular complexity index is 538. The van der Waals surface area contributed by atoms with E-state index < -0.39 is 11.6 Å². The number of nitriles is 1. The third kappa shape index (κ3) is 2.06. The maximum Gasteiger partial charge on any atom is 0.183 e. The van der Waals surface area contributed by atoms with Crippen molar-refractivity contribution in [3.8, 4) is 6.07 Å². The van der Waals surface area contributed by atoms with Gasteiger partial charge >= 0.3 is 0 Å². The minimum atomic E-state index is -1.03. The molecule has 2 aliphatic heterocycles. The van der Waals surface area contributed by atoms with Crippen molar-refractivity contribution in [1.82, 2.24) is 4.90 Å². The second-order valence-corrected chi connectivity index (χ2v) is 5.15. The van der Waals surface area contributed by atoms with E-state index in [1.54, 1.807) is 6.07 Å². The van der Waals surface area contributed by atoms with Crippen LogP contribution in [0.2, 0.25) is 0 Å². The van der Waals surface area contributed by atoms with Crippen molar-refractivity contribution < 1.29 is 8.78 Å². The summed E-state index contributed by atoms with van der Waals surface area (Å²) >= 11 is 0. The molecule has 0 amide bonds. The quantitative estimate of drug-likeness (QED) is 0.777. The molecule has 0 saturated carbocycles. The molecule has 2 fully saturated rings. The molecule has 0 spiro atoms. The van der Waals surface area contributed by atoms with Gasteiger partial charge in [0.1, 0.15) is 6.07 Å². The minimum absolute atomic E-state index is 0.235. The van der Waals surface area contributed by atoms with Crippen LogP contribution in [0.25, 0.3) is 0 Å². The van der Waals surface area contributed by atoms with Crippen LogP contribution < -0.4 is 4.90 Å². The lowest BCUT2D eigenvalue weighted by atomic mass is 10.1. The molecule has 1 aromatic rings. The number of rotatable bonds is 1. The molecule has 0 N–H and O–H groups in total. The van der Waals surface area contributed by atoms with Gasteiger partial charge in [-0.3, -0.25) is 4.90 Å². The Hall–Kier alpha value is -1.67. The second-order valence-electron chi connectivity index (χ2n) is 5.15. The van der Waals surface area contributed by atoms with Gasteiger partial charge in [0, 0.05) is 25.7 Å². The maximum atomic E-state index is 14.0. The van der Waals surface area contributed by atoms with Crippen LogP contribution in [0.4, 0.5) is 14.5 Å². The molecule has 3 nitrogen and oxygen atoms in total. The molecule has 2 heterocycles. The van der Waals surface area contributed by atoms with Crippen molar-refractivity contribution in [3.63, 3.8) is 0 Å². The Morgan fingerprint density at radius 1 is 1.16 bits per heavy atom. The first-order valence-electron chi connectivity index (χ1n) is 6.58. The summed E-state index contributed by atoms with van der Waals surface area (Å²) in [5.41, 5.74) is 0.0452. The van der Waals surface area contributed by atoms with Crippen LogP contribution in [0.1, 0.15) is 18.4 Å². The molecule has 0 aromatic heterocycles. The van der Waals surface area contributed by atoms with Crippen molar-refractivity contribution in [2.24, 2.45) is 0 Å². The van der Waals surface area contributed by atoms with E-state index in [1.807, 2.05) is 4.90 Å². The first kappa shape index (κ1) is 12.4. The molecular weight excluding hydrogens is 248 g/mol. The Labute approximate surface area is 111 Å². The molecule has 100 valence electrons. The van der Waals surface area contributed by atoms with Gasteiger partial charge in [-0.15, -0.1) is 0 Å². The van der Waals surface area contributed by atoms with Gasteiger partial charge in [-0.25, -0.2) is 8.78 Å². The minimum Gasteiger partial charge on any atom is -0.366 e. The van der Waals surface area contributed by atoms with Gasteiger partial charge in [0.2, 0.25) is 0 Å². The van der Waals surface area contributed by atoms with Crippen molar-refractivity contribution in [1.29, 1.82) is 5.26 Å².